The Morgan fingerprint density at radius 2 is 2.06 bits per heavy atom. The van der Waals surface area contributed by atoms with E-state index in [0.717, 1.165) is 17.7 Å². The third-order valence-electron chi connectivity index (χ3n) is 2.63. The minimum Gasteiger partial charge on any atom is -0.398 e. The highest BCUT2D eigenvalue weighted by Gasteiger charge is 2.30. The van der Waals surface area contributed by atoms with Crippen LogP contribution in [0.2, 0.25) is 0 Å². The molecule has 2 aromatic rings. The van der Waals surface area contributed by atoms with Crippen LogP contribution in [0.25, 0.3) is 0 Å². The van der Waals surface area contributed by atoms with Crippen LogP contribution in [0.5, 0.6) is 0 Å². The van der Waals surface area contributed by atoms with Crippen molar-refractivity contribution in [2.24, 2.45) is 7.05 Å². The van der Waals surface area contributed by atoms with E-state index in [1.54, 1.807) is 24.1 Å². The van der Waals surface area contributed by atoms with Crippen LogP contribution in [-0.4, -0.2) is 9.78 Å². The molecule has 96 valence electrons. The molecule has 0 bridgehead atoms. The normalized spacial score (nSPS) is 11.8. The number of benzene rings is 1. The number of nitrogen functional groups attached to an aromatic ring is 1. The van der Waals surface area contributed by atoms with Gasteiger partial charge >= 0.3 is 6.18 Å². The number of nitrogens with two attached hydrogens (primary N) is 1. The standard InChI is InChI=1S/C12H12F3N3/c1-18-7-8(6-17-18)4-9-2-3-10(5-11(9)16)12(13,14)15/h2-3,5-7H,4,16H2,1H3. The van der Waals surface area contributed by atoms with Crippen LogP contribution >= 0.6 is 0 Å². The molecule has 0 aliphatic rings. The van der Waals surface area contributed by atoms with Gasteiger partial charge in [0, 0.05) is 25.4 Å². The van der Waals surface area contributed by atoms with Crippen LogP contribution in [0.3, 0.4) is 0 Å². The maximum atomic E-state index is 12.5. The largest absolute Gasteiger partial charge is 0.416 e. The van der Waals surface area contributed by atoms with Gasteiger partial charge in [0.25, 0.3) is 0 Å². The van der Waals surface area contributed by atoms with E-state index in [4.69, 9.17) is 5.73 Å². The topological polar surface area (TPSA) is 43.8 Å². The molecule has 0 amide bonds. The van der Waals surface area contributed by atoms with E-state index in [2.05, 4.69) is 5.10 Å². The van der Waals surface area contributed by atoms with Gasteiger partial charge in [-0.1, -0.05) is 6.07 Å². The summed E-state index contributed by atoms with van der Waals surface area (Å²) in [6.07, 6.45) is -0.424. The molecule has 2 N–H and O–H groups in total. The molecule has 0 unspecified atom stereocenters. The Labute approximate surface area is 102 Å². The van der Waals surface area contributed by atoms with E-state index in [-0.39, 0.29) is 5.69 Å². The van der Waals surface area contributed by atoms with Gasteiger partial charge in [0.15, 0.2) is 0 Å². The summed E-state index contributed by atoms with van der Waals surface area (Å²) in [6.45, 7) is 0. The van der Waals surface area contributed by atoms with Gasteiger partial charge in [-0.3, -0.25) is 4.68 Å². The zero-order chi connectivity index (χ0) is 13.3. The summed E-state index contributed by atoms with van der Waals surface area (Å²) in [6, 6.07) is 3.42. The Hall–Kier alpha value is -1.98. The second-order valence-electron chi connectivity index (χ2n) is 4.11. The first kappa shape index (κ1) is 12.5. The number of hydrogen-bond acceptors (Lipinski definition) is 2. The fraction of sp³-hybridized carbons (Fsp3) is 0.250. The number of rotatable bonds is 2. The molecule has 1 heterocycles. The van der Waals surface area contributed by atoms with Crippen molar-refractivity contribution in [3.05, 3.63) is 47.3 Å². The number of anilines is 1. The van der Waals surface area contributed by atoms with Crippen LogP contribution in [0.15, 0.2) is 30.6 Å². The zero-order valence-electron chi connectivity index (χ0n) is 9.70. The van der Waals surface area contributed by atoms with Crippen molar-refractivity contribution in [1.29, 1.82) is 0 Å². The van der Waals surface area contributed by atoms with Crippen molar-refractivity contribution in [3.63, 3.8) is 0 Å². The number of aromatic nitrogens is 2. The molecule has 0 fully saturated rings. The molecule has 1 aromatic carbocycles. The van der Waals surface area contributed by atoms with Gasteiger partial charge in [0.2, 0.25) is 0 Å². The van der Waals surface area contributed by atoms with Crippen molar-refractivity contribution in [3.8, 4) is 0 Å². The minimum absolute atomic E-state index is 0.147. The number of halogens is 3. The molecule has 0 aliphatic heterocycles. The molecule has 3 nitrogen and oxygen atoms in total. The minimum atomic E-state index is -4.36. The molecule has 2 rings (SSSR count). The predicted octanol–water partition coefficient (Wildman–Crippen LogP) is 2.61. The van der Waals surface area contributed by atoms with Crippen molar-refractivity contribution >= 4 is 5.69 Å². The van der Waals surface area contributed by atoms with Crippen LogP contribution in [0.4, 0.5) is 18.9 Å². The van der Waals surface area contributed by atoms with Gasteiger partial charge in [-0.25, -0.2) is 0 Å². The van der Waals surface area contributed by atoms with Crippen molar-refractivity contribution in [2.45, 2.75) is 12.6 Å². The monoisotopic (exact) mass is 255 g/mol. The van der Waals surface area contributed by atoms with Gasteiger partial charge < -0.3 is 5.73 Å². The Kier molecular flexibility index (Phi) is 3.02. The lowest BCUT2D eigenvalue weighted by molar-refractivity contribution is -0.137. The van der Waals surface area contributed by atoms with Crippen LogP contribution in [0, 0.1) is 0 Å². The van der Waals surface area contributed by atoms with E-state index in [1.165, 1.54) is 6.07 Å². The summed E-state index contributed by atoms with van der Waals surface area (Å²) in [4.78, 5) is 0. The molecular weight excluding hydrogens is 243 g/mol. The van der Waals surface area contributed by atoms with Gasteiger partial charge in [-0.05, 0) is 23.3 Å². The highest BCUT2D eigenvalue weighted by molar-refractivity contribution is 5.51. The van der Waals surface area contributed by atoms with E-state index in [9.17, 15) is 13.2 Å². The smallest absolute Gasteiger partial charge is 0.398 e. The molecule has 0 aliphatic carbocycles. The summed E-state index contributed by atoms with van der Waals surface area (Å²) in [7, 11) is 1.78. The lowest BCUT2D eigenvalue weighted by Gasteiger charge is -2.10. The Morgan fingerprint density at radius 1 is 1.33 bits per heavy atom. The lowest BCUT2D eigenvalue weighted by atomic mass is 10.0. The average Bonchev–Trinajstić information content (AvgIpc) is 2.65. The van der Waals surface area contributed by atoms with Crippen LogP contribution < -0.4 is 5.73 Å². The molecule has 1 aromatic heterocycles. The van der Waals surface area contributed by atoms with Gasteiger partial charge in [-0.2, -0.15) is 18.3 Å². The van der Waals surface area contributed by atoms with Crippen molar-refractivity contribution < 1.29 is 13.2 Å². The second kappa shape index (κ2) is 4.36. The quantitative estimate of drug-likeness (QED) is 0.838. The first-order chi connectivity index (χ1) is 8.36. The first-order valence-electron chi connectivity index (χ1n) is 5.29. The van der Waals surface area contributed by atoms with Crippen LogP contribution in [0.1, 0.15) is 16.7 Å². The fourth-order valence-electron chi connectivity index (χ4n) is 1.72. The Balaban J connectivity index is 2.25. The highest BCUT2D eigenvalue weighted by atomic mass is 19.4. The first-order valence-corrected chi connectivity index (χ1v) is 5.29. The summed E-state index contributed by atoms with van der Waals surface area (Å²) < 4.78 is 39.0. The van der Waals surface area contributed by atoms with Gasteiger partial charge in [0.05, 0.1) is 11.8 Å². The number of aryl methyl sites for hydroxylation is 1. The molecule has 0 spiro atoms. The second-order valence-corrected chi connectivity index (χ2v) is 4.11. The summed E-state index contributed by atoms with van der Waals surface area (Å²) >= 11 is 0. The molecule has 6 heteroatoms. The van der Waals surface area contributed by atoms with Crippen molar-refractivity contribution in [1.82, 2.24) is 9.78 Å². The molecule has 0 saturated carbocycles. The molecule has 0 radical (unpaired) electrons. The molecular formula is C12H12F3N3. The molecule has 0 saturated heterocycles. The van der Waals surface area contributed by atoms with E-state index in [1.807, 2.05) is 0 Å². The Morgan fingerprint density at radius 3 is 2.56 bits per heavy atom. The number of hydrogen-bond donors (Lipinski definition) is 1. The summed E-state index contributed by atoms with van der Waals surface area (Å²) in [5.74, 6) is 0. The fourth-order valence-corrected chi connectivity index (χ4v) is 1.72. The summed E-state index contributed by atoms with van der Waals surface area (Å²) in [5.41, 5.74) is 6.63. The third-order valence-corrected chi connectivity index (χ3v) is 2.63. The predicted molar refractivity (Wildman–Crippen MR) is 61.9 cm³/mol. The lowest BCUT2D eigenvalue weighted by Crippen LogP contribution is -2.06. The maximum absolute atomic E-state index is 12.5. The van der Waals surface area contributed by atoms with Gasteiger partial charge in [-0.15, -0.1) is 0 Å². The Bertz CT molecular complexity index is 558. The SMILES string of the molecule is Cn1cc(Cc2ccc(C(F)(F)F)cc2N)cn1. The number of nitrogens with zero attached hydrogens (tertiary/aromatic N) is 2. The van der Waals surface area contributed by atoms with Crippen LogP contribution in [-0.2, 0) is 19.6 Å². The number of alkyl halides is 3. The molecule has 0 atom stereocenters. The van der Waals surface area contributed by atoms with E-state index < -0.39 is 11.7 Å². The van der Waals surface area contributed by atoms with E-state index >= 15 is 0 Å². The molecule has 18 heavy (non-hydrogen) atoms. The maximum Gasteiger partial charge on any atom is 0.416 e. The van der Waals surface area contributed by atoms with E-state index in [0.29, 0.717) is 12.0 Å². The van der Waals surface area contributed by atoms with Crippen molar-refractivity contribution in [2.75, 3.05) is 5.73 Å². The highest BCUT2D eigenvalue weighted by Crippen LogP contribution is 2.31. The third kappa shape index (κ3) is 2.64. The average molecular weight is 255 g/mol. The summed E-state index contributed by atoms with van der Waals surface area (Å²) in [5, 5.41) is 4.00. The van der Waals surface area contributed by atoms with Gasteiger partial charge in [0.1, 0.15) is 0 Å². The zero-order valence-corrected chi connectivity index (χ0v) is 9.70.